The zero-order valence-electron chi connectivity index (χ0n) is 12.4. The Balaban J connectivity index is 1.44. The summed E-state index contributed by atoms with van der Waals surface area (Å²) in [4.78, 5) is 11.7. The molecule has 1 amide bonds. The van der Waals surface area contributed by atoms with Gasteiger partial charge in [0.1, 0.15) is 0 Å². The number of rotatable bonds is 7. The quantitative estimate of drug-likeness (QED) is 0.690. The Bertz CT molecular complexity index is 274. The van der Waals surface area contributed by atoms with Crippen LogP contribution in [-0.2, 0) is 14.3 Å². The molecule has 2 fully saturated rings. The highest BCUT2D eigenvalue weighted by Crippen LogP contribution is 2.19. The molecule has 1 aliphatic heterocycles. The van der Waals surface area contributed by atoms with E-state index in [1.807, 2.05) is 0 Å². The first-order chi connectivity index (χ1) is 9.84. The van der Waals surface area contributed by atoms with Crippen LogP contribution in [0.15, 0.2) is 0 Å². The third-order valence-corrected chi connectivity index (χ3v) is 4.06. The zero-order chi connectivity index (χ0) is 14.0. The van der Waals surface area contributed by atoms with Gasteiger partial charge in [-0.1, -0.05) is 19.3 Å². The third kappa shape index (κ3) is 6.20. The third-order valence-electron chi connectivity index (χ3n) is 4.06. The molecular formula is C15H28N2O3. The van der Waals surface area contributed by atoms with Crippen molar-refractivity contribution >= 4 is 5.91 Å². The molecule has 0 aromatic heterocycles. The molecule has 2 N–H and O–H groups in total. The van der Waals surface area contributed by atoms with Gasteiger partial charge in [-0.25, -0.2) is 0 Å². The fraction of sp³-hybridized carbons (Fsp3) is 0.933. The van der Waals surface area contributed by atoms with Crippen LogP contribution in [-0.4, -0.2) is 51.0 Å². The molecule has 0 unspecified atom stereocenters. The van der Waals surface area contributed by atoms with E-state index in [0.29, 0.717) is 19.3 Å². The van der Waals surface area contributed by atoms with Crippen LogP contribution in [0.4, 0.5) is 0 Å². The maximum atomic E-state index is 11.7. The smallest absolute Gasteiger partial charge is 0.234 e. The standard InChI is InChI=1S/C15H28N2O3/c18-15(17-13-6-9-19-10-7-13)12-16-8-11-20-14-4-2-1-3-5-14/h13-14,16H,1-12H2,(H,17,18). The molecule has 0 aromatic rings. The molecule has 116 valence electrons. The normalized spacial score (nSPS) is 21.8. The van der Waals surface area contributed by atoms with Crippen LogP contribution < -0.4 is 10.6 Å². The fourth-order valence-electron chi connectivity index (χ4n) is 2.85. The van der Waals surface area contributed by atoms with Crippen molar-refractivity contribution in [1.29, 1.82) is 0 Å². The summed E-state index contributed by atoms with van der Waals surface area (Å²) in [5.41, 5.74) is 0. The number of amides is 1. The first-order valence-corrected chi connectivity index (χ1v) is 8.04. The number of carbonyl (C=O) groups excluding carboxylic acids is 1. The molecule has 2 rings (SSSR count). The average molecular weight is 284 g/mol. The molecule has 5 nitrogen and oxygen atoms in total. The summed E-state index contributed by atoms with van der Waals surface area (Å²) in [7, 11) is 0. The van der Waals surface area contributed by atoms with Crippen LogP contribution in [0.3, 0.4) is 0 Å². The second-order valence-corrected chi connectivity index (χ2v) is 5.76. The van der Waals surface area contributed by atoms with Gasteiger partial charge in [0.25, 0.3) is 0 Å². The Morgan fingerprint density at radius 2 is 1.85 bits per heavy atom. The molecule has 0 spiro atoms. The van der Waals surface area contributed by atoms with Crippen LogP contribution in [0.25, 0.3) is 0 Å². The second kappa shape index (κ2) is 9.32. The van der Waals surface area contributed by atoms with Gasteiger partial charge >= 0.3 is 0 Å². The second-order valence-electron chi connectivity index (χ2n) is 5.76. The summed E-state index contributed by atoms with van der Waals surface area (Å²) in [6.45, 7) is 3.35. The van der Waals surface area contributed by atoms with Gasteiger partial charge in [-0.05, 0) is 25.7 Å². The van der Waals surface area contributed by atoms with Gasteiger partial charge in [0.2, 0.25) is 5.91 Å². The van der Waals surface area contributed by atoms with Gasteiger partial charge in [-0.15, -0.1) is 0 Å². The summed E-state index contributed by atoms with van der Waals surface area (Å²) in [5.74, 6) is 0.0783. The van der Waals surface area contributed by atoms with Gasteiger partial charge in [-0.3, -0.25) is 4.79 Å². The maximum Gasteiger partial charge on any atom is 0.234 e. The first kappa shape index (κ1) is 15.7. The minimum atomic E-state index is 0.0783. The van der Waals surface area contributed by atoms with Gasteiger partial charge < -0.3 is 20.1 Å². The molecule has 0 aromatic carbocycles. The predicted molar refractivity (Wildman–Crippen MR) is 77.7 cm³/mol. The van der Waals surface area contributed by atoms with E-state index in [1.165, 1.54) is 32.1 Å². The van der Waals surface area contributed by atoms with Crippen molar-refractivity contribution in [3.05, 3.63) is 0 Å². The van der Waals surface area contributed by atoms with Crippen LogP contribution >= 0.6 is 0 Å². The summed E-state index contributed by atoms with van der Waals surface area (Å²) in [6, 6.07) is 0.288. The van der Waals surface area contributed by atoms with E-state index in [1.54, 1.807) is 0 Å². The van der Waals surface area contributed by atoms with Crippen molar-refractivity contribution in [3.8, 4) is 0 Å². The lowest BCUT2D eigenvalue weighted by atomic mass is 9.98. The SMILES string of the molecule is O=C(CNCCOC1CCCCC1)NC1CCOCC1. The summed E-state index contributed by atoms with van der Waals surface area (Å²) < 4.78 is 11.1. The Kier molecular flexibility index (Phi) is 7.33. The highest BCUT2D eigenvalue weighted by molar-refractivity contribution is 5.78. The van der Waals surface area contributed by atoms with Crippen molar-refractivity contribution in [3.63, 3.8) is 0 Å². The zero-order valence-corrected chi connectivity index (χ0v) is 12.4. The number of hydrogen-bond acceptors (Lipinski definition) is 4. The molecule has 1 aliphatic carbocycles. The summed E-state index contributed by atoms with van der Waals surface area (Å²) in [6.07, 6.45) is 8.64. The van der Waals surface area contributed by atoms with E-state index in [4.69, 9.17) is 9.47 Å². The molecule has 1 heterocycles. The highest BCUT2D eigenvalue weighted by Gasteiger charge is 2.16. The lowest BCUT2D eigenvalue weighted by molar-refractivity contribution is -0.121. The van der Waals surface area contributed by atoms with Gasteiger partial charge in [0, 0.05) is 25.8 Å². The minimum absolute atomic E-state index is 0.0783. The summed E-state index contributed by atoms with van der Waals surface area (Å²) >= 11 is 0. The highest BCUT2D eigenvalue weighted by atomic mass is 16.5. The topological polar surface area (TPSA) is 59.6 Å². The van der Waals surface area contributed by atoms with Crippen molar-refractivity contribution in [1.82, 2.24) is 10.6 Å². The molecule has 0 bridgehead atoms. The predicted octanol–water partition coefficient (Wildman–Crippen LogP) is 1.22. The molecular weight excluding hydrogens is 256 g/mol. The van der Waals surface area contributed by atoms with Crippen molar-refractivity contribution in [2.24, 2.45) is 0 Å². The summed E-state index contributed by atoms with van der Waals surface area (Å²) in [5, 5.41) is 6.18. The monoisotopic (exact) mass is 284 g/mol. The van der Waals surface area contributed by atoms with Gasteiger partial charge in [-0.2, -0.15) is 0 Å². The molecule has 20 heavy (non-hydrogen) atoms. The minimum Gasteiger partial charge on any atom is -0.381 e. The molecule has 0 radical (unpaired) electrons. The lowest BCUT2D eigenvalue weighted by Crippen LogP contribution is -2.43. The van der Waals surface area contributed by atoms with Gasteiger partial charge in [0.15, 0.2) is 0 Å². The number of hydrogen-bond donors (Lipinski definition) is 2. The Morgan fingerprint density at radius 3 is 2.60 bits per heavy atom. The van der Waals surface area contributed by atoms with Crippen molar-refractivity contribution < 1.29 is 14.3 Å². The average Bonchev–Trinajstić information content (AvgIpc) is 2.49. The van der Waals surface area contributed by atoms with E-state index in [-0.39, 0.29) is 11.9 Å². The fourth-order valence-corrected chi connectivity index (χ4v) is 2.85. The van der Waals surface area contributed by atoms with Crippen LogP contribution in [0, 0.1) is 0 Å². The number of nitrogens with one attached hydrogen (secondary N) is 2. The Hall–Kier alpha value is -0.650. The Labute approximate surface area is 121 Å². The molecule has 1 saturated carbocycles. The van der Waals surface area contributed by atoms with Gasteiger partial charge in [0.05, 0.1) is 19.3 Å². The van der Waals surface area contributed by atoms with E-state index in [9.17, 15) is 4.79 Å². The van der Waals surface area contributed by atoms with E-state index in [2.05, 4.69) is 10.6 Å². The van der Waals surface area contributed by atoms with Crippen molar-refractivity contribution in [2.45, 2.75) is 57.1 Å². The van der Waals surface area contributed by atoms with E-state index >= 15 is 0 Å². The largest absolute Gasteiger partial charge is 0.381 e. The molecule has 0 atom stereocenters. The van der Waals surface area contributed by atoms with Crippen LogP contribution in [0.5, 0.6) is 0 Å². The van der Waals surface area contributed by atoms with Crippen molar-refractivity contribution in [2.75, 3.05) is 32.9 Å². The Morgan fingerprint density at radius 1 is 1.10 bits per heavy atom. The molecule has 2 aliphatic rings. The number of carbonyl (C=O) groups is 1. The molecule has 1 saturated heterocycles. The number of ether oxygens (including phenoxy) is 2. The van der Waals surface area contributed by atoms with Crippen LogP contribution in [0.1, 0.15) is 44.9 Å². The maximum absolute atomic E-state index is 11.7. The first-order valence-electron chi connectivity index (χ1n) is 8.04. The van der Waals surface area contributed by atoms with E-state index < -0.39 is 0 Å². The van der Waals surface area contributed by atoms with E-state index in [0.717, 1.165) is 32.6 Å². The molecule has 5 heteroatoms. The lowest BCUT2D eigenvalue weighted by Gasteiger charge is -2.23. The van der Waals surface area contributed by atoms with Crippen LogP contribution in [0.2, 0.25) is 0 Å².